The molecule has 0 N–H and O–H groups in total. The zero-order valence-corrected chi connectivity index (χ0v) is 13.3. The molecule has 0 unspecified atom stereocenters. The third kappa shape index (κ3) is 4.93. The predicted octanol–water partition coefficient (Wildman–Crippen LogP) is 5.15. The normalized spacial score (nSPS) is 21.5. The van der Waals surface area contributed by atoms with Crippen molar-refractivity contribution in [2.75, 3.05) is 5.88 Å². The highest BCUT2D eigenvalue weighted by Gasteiger charge is 2.21. The van der Waals surface area contributed by atoms with Crippen molar-refractivity contribution in [2.24, 2.45) is 5.92 Å². The molecule has 1 aliphatic rings. The van der Waals surface area contributed by atoms with Gasteiger partial charge in [-0.25, -0.2) is 4.39 Å². The topological polar surface area (TPSA) is 9.23 Å². The van der Waals surface area contributed by atoms with Crippen LogP contribution in [0.4, 0.5) is 4.39 Å². The van der Waals surface area contributed by atoms with E-state index in [9.17, 15) is 4.39 Å². The number of alkyl halides is 1. The highest BCUT2D eigenvalue weighted by molar-refractivity contribution is 6.18. The van der Waals surface area contributed by atoms with Crippen molar-refractivity contribution in [3.63, 3.8) is 0 Å². The molecule has 21 heavy (non-hydrogen) atoms. The molecule has 1 nitrogen and oxygen atoms in total. The van der Waals surface area contributed by atoms with E-state index in [1.165, 1.54) is 31.4 Å². The minimum atomic E-state index is -0.285. The first-order valence-corrected chi connectivity index (χ1v) is 8.27. The molecule has 0 bridgehead atoms. The second-order valence-corrected chi connectivity index (χ2v) is 5.93. The highest BCUT2D eigenvalue weighted by Crippen LogP contribution is 2.30. The zero-order valence-electron chi connectivity index (χ0n) is 12.5. The molecule has 0 aliphatic heterocycles. The monoisotopic (exact) mass is 308 g/mol. The molecule has 0 amide bonds. The molecule has 1 saturated carbocycles. The van der Waals surface area contributed by atoms with Gasteiger partial charge in [-0.05, 0) is 49.8 Å². The summed E-state index contributed by atoms with van der Waals surface area (Å²) in [5.41, 5.74) is 0.623. The lowest BCUT2D eigenvalue weighted by atomic mass is 9.86. The fraction of sp³-hybridized carbons (Fsp3) is 0.556. The van der Waals surface area contributed by atoms with E-state index in [1.54, 1.807) is 6.07 Å². The molecule has 0 radical (unpaired) electrons. The summed E-state index contributed by atoms with van der Waals surface area (Å²) in [5.74, 6) is 7.64. The average molecular weight is 309 g/mol. The van der Waals surface area contributed by atoms with Crippen LogP contribution in [-0.2, 0) is 0 Å². The average Bonchev–Trinajstić information content (AvgIpc) is 2.51. The predicted molar refractivity (Wildman–Crippen MR) is 85.3 cm³/mol. The fourth-order valence-electron chi connectivity index (χ4n) is 2.75. The van der Waals surface area contributed by atoms with Crippen LogP contribution in [0.3, 0.4) is 0 Å². The summed E-state index contributed by atoms with van der Waals surface area (Å²) in [4.78, 5) is 0. The van der Waals surface area contributed by atoms with E-state index in [0.717, 1.165) is 18.8 Å². The number of benzene rings is 1. The number of ether oxygens (including phenoxy) is 1. The summed E-state index contributed by atoms with van der Waals surface area (Å²) in [6, 6.07) is 4.56. The smallest absolute Gasteiger partial charge is 0.135 e. The van der Waals surface area contributed by atoms with Gasteiger partial charge in [0, 0.05) is 12.3 Å². The lowest BCUT2D eigenvalue weighted by molar-refractivity contribution is 0.129. The standard InChI is InChI=1S/C18H22ClFO/c1-2-14-6-9-17(10-7-14)21-18-11-8-16(20)13-15(18)5-3-4-12-19/h8,11,13-14,17H,2,4,6-7,9-10,12H2,1H3. The van der Waals surface area contributed by atoms with E-state index in [4.69, 9.17) is 16.3 Å². The maximum Gasteiger partial charge on any atom is 0.135 e. The molecule has 3 heteroatoms. The lowest BCUT2D eigenvalue weighted by Gasteiger charge is -2.28. The summed E-state index contributed by atoms with van der Waals surface area (Å²) in [6.07, 6.45) is 6.66. The van der Waals surface area contributed by atoms with E-state index in [2.05, 4.69) is 18.8 Å². The Morgan fingerprint density at radius 1 is 1.29 bits per heavy atom. The summed E-state index contributed by atoms with van der Waals surface area (Å²) in [6.45, 7) is 2.25. The molecular weight excluding hydrogens is 287 g/mol. The van der Waals surface area contributed by atoms with Crippen molar-refractivity contribution in [1.82, 2.24) is 0 Å². The van der Waals surface area contributed by atoms with E-state index < -0.39 is 0 Å². The molecule has 0 spiro atoms. The van der Waals surface area contributed by atoms with Crippen molar-refractivity contribution in [1.29, 1.82) is 0 Å². The van der Waals surface area contributed by atoms with Gasteiger partial charge in [0.25, 0.3) is 0 Å². The van der Waals surface area contributed by atoms with Gasteiger partial charge >= 0.3 is 0 Å². The number of hydrogen-bond donors (Lipinski definition) is 0. The van der Waals surface area contributed by atoms with Gasteiger partial charge in [-0.15, -0.1) is 11.6 Å². The second-order valence-electron chi connectivity index (χ2n) is 5.55. The Hall–Kier alpha value is -1.20. The van der Waals surface area contributed by atoms with Crippen molar-refractivity contribution in [3.8, 4) is 17.6 Å². The van der Waals surface area contributed by atoms with Crippen LogP contribution in [0.5, 0.6) is 5.75 Å². The summed E-state index contributed by atoms with van der Waals surface area (Å²) >= 11 is 5.61. The molecule has 1 aliphatic carbocycles. The van der Waals surface area contributed by atoms with E-state index in [0.29, 0.717) is 23.6 Å². The first kappa shape index (κ1) is 16.2. The molecule has 1 aromatic rings. The van der Waals surface area contributed by atoms with Crippen LogP contribution >= 0.6 is 11.6 Å². The minimum Gasteiger partial charge on any atom is -0.489 e. The zero-order chi connectivity index (χ0) is 15.1. The Kier molecular flexibility index (Phi) is 6.39. The van der Waals surface area contributed by atoms with Crippen LogP contribution in [-0.4, -0.2) is 12.0 Å². The van der Waals surface area contributed by atoms with Crippen LogP contribution in [0, 0.1) is 23.6 Å². The number of halogens is 2. The Morgan fingerprint density at radius 3 is 2.71 bits per heavy atom. The SMILES string of the molecule is CCC1CCC(Oc2ccc(F)cc2C#CCCCl)CC1. The largest absolute Gasteiger partial charge is 0.489 e. The first-order valence-electron chi connectivity index (χ1n) is 7.74. The summed E-state index contributed by atoms with van der Waals surface area (Å²) in [7, 11) is 0. The Bertz CT molecular complexity index is 510. The van der Waals surface area contributed by atoms with E-state index >= 15 is 0 Å². The minimum absolute atomic E-state index is 0.229. The molecule has 114 valence electrons. The summed E-state index contributed by atoms with van der Waals surface area (Å²) in [5, 5.41) is 0. The third-order valence-electron chi connectivity index (χ3n) is 4.05. The van der Waals surface area contributed by atoms with Gasteiger partial charge < -0.3 is 4.74 Å². The van der Waals surface area contributed by atoms with Gasteiger partial charge in [0.2, 0.25) is 0 Å². The van der Waals surface area contributed by atoms with Crippen LogP contribution in [0.15, 0.2) is 18.2 Å². The van der Waals surface area contributed by atoms with Gasteiger partial charge in [-0.1, -0.05) is 25.2 Å². The fourth-order valence-corrected chi connectivity index (χ4v) is 2.84. The van der Waals surface area contributed by atoms with Gasteiger partial charge in [-0.3, -0.25) is 0 Å². The van der Waals surface area contributed by atoms with Crippen LogP contribution in [0.25, 0.3) is 0 Å². The molecule has 1 aromatic carbocycles. The molecule has 1 fully saturated rings. The molecule has 0 aromatic heterocycles. The van der Waals surface area contributed by atoms with Gasteiger partial charge in [0.05, 0.1) is 11.7 Å². The van der Waals surface area contributed by atoms with Crippen LogP contribution in [0.2, 0.25) is 0 Å². The third-order valence-corrected chi connectivity index (χ3v) is 4.24. The number of hydrogen-bond acceptors (Lipinski definition) is 1. The molecule has 0 atom stereocenters. The van der Waals surface area contributed by atoms with Crippen LogP contribution < -0.4 is 4.74 Å². The van der Waals surface area contributed by atoms with Crippen molar-refractivity contribution >= 4 is 11.6 Å². The Morgan fingerprint density at radius 2 is 2.05 bits per heavy atom. The van der Waals surface area contributed by atoms with Gasteiger partial charge in [0.15, 0.2) is 0 Å². The van der Waals surface area contributed by atoms with Gasteiger partial charge in [-0.2, -0.15) is 0 Å². The van der Waals surface area contributed by atoms with E-state index in [-0.39, 0.29) is 11.9 Å². The van der Waals surface area contributed by atoms with Crippen molar-refractivity contribution in [2.45, 2.75) is 51.6 Å². The molecule has 2 rings (SSSR count). The molecule has 0 heterocycles. The number of rotatable bonds is 4. The van der Waals surface area contributed by atoms with Crippen LogP contribution in [0.1, 0.15) is 51.0 Å². The maximum absolute atomic E-state index is 13.4. The summed E-state index contributed by atoms with van der Waals surface area (Å²) < 4.78 is 19.4. The lowest BCUT2D eigenvalue weighted by Crippen LogP contribution is -2.24. The second kappa shape index (κ2) is 8.29. The Balaban J connectivity index is 2.04. The maximum atomic E-state index is 13.4. The van der Waals surface area contributed by atoms with Crippen molar-refractivity contribution < 1.29 is 9.13 Å². The van der Waals surface area contributed by atoms with Gasteiger partial charge in [0.1, 0.15) is 11.6 Å². The van der Waals surface area contributed by atoms with E-state index in [1.807, 2.05) is 0 Å². The quantitative estimate of drug-likeness (QED) is 0.552. The highest BCUT2D eigenvalue weighted by atomic mass is 35.5. The Labute approximate surface area is 131 Å². The molecular formula is C18H22ClFO. The first-order chi connectivity index (χ1) is 10.2. The van der Waals surface area contributed by atoms with Crippen molar-refractivity contribution in [3.05, 3.63) is 29.6 Å². The molecule has 0 saturated heterocycles.